The third kappa shape index (κ3) is 1.88. The van der Waals surface area contributed by atoms with Crippen LogP contribution in [0.1, 0.15) is 11.1 Å². The van der Waals surface area contributed by atoms with Crippen LogP contribution in [-0.4, -0.2) is 6.34 Å². The second-order valence-corrected chi connectivity index (χ2v) is 4.43. The molecule has 18 heavy (non-hydrogen) atoms. The molecular formula is C15H13FN2. The number of para-hydroxylation sites is 1. The predicted molar refractivity (Wildman–Crippen MR) is 71.9 cm³/mol. The maximum atomic E-state index is 13.2. The van der Waals surface area contributed by atoms with Crippen molar-refractivity contribution in [1.82, 2.24) is 0 Å². The van der Waals surface area contributed by atoms with Crippen molar-refractivity contribution in [1.29, 1.82) is 0 Å². The first-order valence-corrected chi connectivity index (χ1v) is 5.89. The Morgan fingerprint density at radius 1 is 1.17 bits per heavy atom. The Morgan fingerprint density at radius 2 is 2.00 bits per heavy atom. The summed E-state index contributed by atoms with van der Waals surface area (Å²) in [5.74, 6) is -0.212. The van der Waals surface area contributed by atoms with Crippen LogP contribution in [0.15, 0.2) is 47.5 Å². The number of anilines is 1. The number of halogens is 1. The van der Waals surface area contributed by atoms with Gasteiger partial charge in [0.25, 0.3) is 0 Å². The lowest BCUT2D eigenvalue weighted by molar-refractivity contribution is 0.625. The maximum absolute atomic E-state index is 13.2. The number of hydrogen-bond donors (Lipinski definition) is 0. The Labute approximate surface area is 105 Å². The largest absolute Gasteiger partial charge is 0.328 e. The van der Waals surface area contributed by atoms with Crippen LogP contribution < -0.4 is 4.90 Å². The Bertz CT molecular complexity index is 620. The van der Waals surface area contributed by atoms with E-state index < -0.39 is 0 Å². The fraction of sp³-hybridized carbons (Fsp3) is 0.133. The highest BCUT2D eigenvalue weighted by Gasteiger charge is 2.14. The fourth-order valence-electron chi connectivity index (χ4n) is 2.20. The van der Waals surface area contributed by atoms with Crippen LogP contribution in [0.5, 0.6) is 0 Å². The molecule has 2 aromatic carbocycles. The topological polar surface area (TPSA) is 15.6 Å². The second-order valence-electron chi connectivity index (χ2n) is 4.43. The van der Waals surface area contributed by atoms with Gasteiger partial charge in [-0.2, -0.15) is 0 Å². The van der Waals surface area contributed by atoms with Crippen LogP contribution in [-0.2, 0) is 6.54 Å². The molecule has 0 spiro atoms. The lowest BCUT2D eigenvalue weighted by Gasteiger charge is -2.25. The molecule has 1 aliphatic rings. The van der Waals surface area contributed by atoms with Gasteiger partial charge < -0.3 is 4.90 Å². The summed E-state index contributed by atoms with van der Waals surface area (Å²) in [5.41, 5.74) is 4.06. The Kier molecular flexibility index (Phi) is 2.59. The zero-order valence-corrected chi connectivity index (χ0v) is 10.1. The summed E-state index contributed by atoms with van der Waals surface area (Å²) in [6.07, 6.45) is 1.81. The van der Waals surface area contributed by atoms with Crippen molar-refractivity contribution in [2.45, 2.75) is 13.5 Å². The van der Waals surface area contributed by atoms with Crippen molar-refractivity contribution in [3.63, 3.8) is 0 Å². The van der Waals surface area contributed by atoms with Crippen LogP contribution in [0.2, 0.25) is 0 Å². The number of hydrogen-bond acceptors (Lipinski definition) is 2. The molecule has 90 valence electrons. The predicted octanol–water partition coefficient (Wildman–Crippen LogP) is 3.81. The first kappa shape index (κ1) is 11.0. The van der Waals surface area contributed by atoms with E-state index in [0.717, 1.165) is 16.9 Å². The molecule has 0 fully saturated rings. The molecule has 2 nitrogen and oxygen atoms in total. The van der Waals surface area contributed by atoms with Gasteiger partial charge in [0.15, 0.2) is 0 Å². The Hall–Kier alpha value is -2.16. The first-order chi connectivity index (χ1) is 8.74. The highest BCUT2D eigenvalue weighted by atomic mass is 19.1. The molecule has 0 bridgehead atoms. The van der Waals surface area contributed by atoms with E-state index >= 15 is 0 Å². The zero-order chi connectivity index (χ0) is 12.5. The van der Waals surface area contributed by atoms with Crippen molar-refractivity contribution in [3.8, 4) is 0 Å². The van der Waals surface area contributed by atoms with Crippen LogP contribution in [0, 0.1) is 12.7 Å². The molecule has 0 saturated carbocycles. The summed E-state index contributed by atoms with van der Waals surface area (Å²) in [5, 5.41) is 0. The van der Waals surface area contributed by atoms with Gasteiger partial charge in [0.1, 0.15) is 5.82 Å². The minimum atomic E-state index is -0.212. The minimum Gasteiger partial charge on any atom is -0.328 e. The molecule has 3 heteroatoms. The van der Waals surface area contributed by atoms with Gasteiger partial charge in [0, 0.05) is 11.3 Å². The quantitative estimate of drug-likeness (QED) is 0.740. The number of rotatable bonds is 1. The SMILES string of the molecule is Cc1ccccc1N1C=Nc2ccc(F)cc2C1. The average molecular weight is 240 g/mol. The van der Waals surface area contributed by atoms with E-state index in [9.17, 15) is 4.39 Å². The number of aliphatic imine (C=N–C) groups is 1. The molecule has 1 heterocycles. The zero-order valence-electron chi connectivity index (χ0n) is 10.1. The number of aryl methyl sites for hydroxylation is 1. The van der Waals surface area contributed by atoms with Crippen LogP contribution >= 0.6 is 0 Å². The normalized spacial score (nSPS) is 13.6. The molecule has 0 N–H and O–H groups in total. The van der Waals surface area contributed by atoms with Gasteiger partial charge in [-0.1, -0.05) is 18.2 Å². The number of fused-ring (bicyclic) bond motifs is 1. The van der Waals surface area contributed by atoms with Gasteiger partial charge in [0.05, 0.1) is 18.6 Å². The Balaban J connectivity index is 1.98. The van der Waals surface area contributed by atoms with Crippen LogP contribution in [0.25, 0.3) is 0 Å². The number of nitrogens with zero attached hydrogens (tertiary/aromatic N) is 2. The van der Waals surface area contributed by atoms with Crippen molar-refractivity contribution in [2.24, 2.45) is 4.99 Å². The third-order valence-electron chi connectivity index (χ3n) is 3.14. The molecule has 0 saturated heterocycles. The lowest BCUT2D eigenvalue weighted by Crippen LogP contribution is -2.24. The van der Waals surface area contributed by atoms with Crippen molar-refractivity contribution < 1.29 is 4.39 Å². The van der Waals surface area contributed by atoms with E-state index in [1.165, 1.54) is 11.6 Å². The summed E-state index contributed by atoms with van der Waals surface area (Å²) < 4.78 is 13.2. The monoisotopic (exact) mass is 240 g/mol. The van der Waals surface area contributed by atoms with E-state index in [1.54, 1.807) is 12.1 Å². The van der Waals surface area contributed by atoms with E-state index in [1.807, 2.05) is 29.4 Å². The maximum Gasteiger partial charge on any atom is 0.123 e. The molecule has 0 atom stereocenters. The molecule has 3 rings (SSSR count). The fourth-order valence-corrected chi connectivity index (χ4v) is 2.20. The third-order valence-corrected chi connectivity index (χ3v) is 3.14. The second kappa shape index (κ2) is 4.26. The van der Waals surface area contributed by atoms with Crippen LogP contribution in [0.3, 0.4) is 0 Å². The smallest absolute Gasteiger partial charge is 0.123 e. The lowest BCUT2D eigenvalue weighted by atomic mass is 10.1. The van der Waals surface area contributed by atoms with Gasteiger partial charge in [-0.25, -0.2) is 9.38 Å². The summed E-state index contributed by atoms with van der Waals surface area (Å²) >= 11 is 0. The number of benzene rings is 2. The standard InChI is InChI=1S/C15H13FN2/c1-11-4-2-3-5-15(11)18-9-12-8-13(16)6-7-14(12)17-10-18/h2-8,10H,9H2,1H3. The highest BCUT2D eigenvalue weighted by Crippen LogP contribution is 2.29. The van der Waals surface area contributed by atoms with E-state index in [4.69, 9.17) is 0 Å². The first-order valence-electron chi connectivity index (χ1n) is 5.89. The van der Waals surface area contributed by atoms with Crippen molar-refractivity contribution in [2.75, 3.05) is 4.90 Å². The molecular weight excluding hydrogens is 227 g/mol. The van der Waals surface area contributed by atoms with Gasteiger partial charge in [-0.05, 0) is 36.8 Å². The highest BCUT2D eigenvalue weighted by molar-refractivity contribution is 5.85. The Morgan fingerprint density at radius 3 is 2.83 bits per heavy atom. The summed E-state index contributed by atoms with van der Waals surface area (Å²) in [7, 11) is 0. The molecule has 0 unspecified atom stereocenters. The van der Waals surface area contributed by atoms with Crippen molar-refractivity contribution >= 4 is 17.7 Å². The van der Waals surface area contributed by atoms with E-state index in [0.29, 0.717) is 6.54 Å². The van der Waals surface area contributed by atoms with Crippen LogP contribution in [0.4, 0.5) is 15.8 Å². The van der Waals surface area contributed by atoms with E-state index in [2.05, 4.69) is 18.0 Å². The van der Waals surface area contributed by atoms with Gasteiger partial charge in [0.2, 0.25) is 0 Å². The molecule has 2 aromatic rings. The van der Waals surface area contributed by atoms with Gasteiger partial charge >= 0.3 is 0 Å². The summed E-state index contributed by atoms with van der Waals surface area (Å²) in [4.78, 5) is 6.41. The molecule has 0 aromatic heterocycles. The van der Waals surface area contributed by atoms with Crippen molar-refractivity contribution in [3.05, 3.63) is 59.4 Å². The average Bonchev–Trinajstić information content (AvgIpc) is 2.38. The minimum absolute atomic E-state index is 0.212. The van der Waals surface area contributed by atoms with E-state index in [-0.39, 0.29) is 5.82 Å². The summed E-state index contributed by atoms with van der Waals surface area (Å²) in [6, 6.07) is 12.8. The summed E-state index contributed by atoms with van der Waals surface area (Å²) in [6.45, 7) is 2.71. The molecule has 0 radical (unpaired) electrons. The molecule has 0 aliphatic carbocycles. The molecule has 0 amide bonds. The van der Waals surface area contributed by atoms with Gasteiger partial charge in [-0.15, -0.1) is 0 Å². The van der Waals surface area contributed by atoms with Gasteiger partial charge in [-0.3, -0.25) is 0 Å². The molecule has 1 aliphatic heterocycles.